The molecule has 0 aliphatic heterocycles. The first-order valence-corrected chi connectivity index (χ1v) is 6.75. The number of benzene rings is 2. The van der Waals surface area contributed by atoms with Crippen molar-refractivity contribution in [2.75, 3.05) is 0 Å². The lowest BCUT2D eigenvalue weighted by Gasteiger charge is -2.11. The summed E-state index contributed by atoms with van der Waals surface area (Å²) in [5, 5.41) is 1.04. The van der Waals surface area contributed by atoms with Crippen LogP contribution in [0.1, 0.15) is 0 Å². The zero-order valence-corrected chi connectivity index (χ0v) is 11.9. The highest BCUT2D eigenvalue weighted by atomic mass is 35.5. The minimum absolute atomic E-state index is 0.465. The van der Waals surface area contributed by atoms with Gasteiger partial charge in [-0.2, -0.15) is 0 Å². The number of hydrogen-bond acceptors (Lipinski definition) is 2. The molecular weight excluding hydrogens is 295 g/mol. The summed E-state index contributed by atoms with van der Waals surface area (Å²) in [6.07, 6.45) is 1.63. The predicted molar refractivity (Wildman–Crippen MR) is 80.7 cm³/mol. The molecule has 2 aromatic carbocycles. The molecule has 0 aliphatic carbocycles. The highest BCUT2D eigenvalue weighted by molar-refractivity contribution is 6.35. The topological polar surface area (TPSA) is 22.4 Å². The largest absolute Gasteiger partial charge is 0.464 e. The van der Waals surface area contributed by atoms with Crippen molar-refractivity contribution in [1.29, 1.82) is 0 Å². The van der Waals surface area contributed by atoms with Gasteiger partial charge in [0.15, 0.2) is 0 Å². The fourth-order valence-corrected chi connectivity index (χ4v) is 2.31. The molecule has 1 heterocycles. The van der Waals surface area contributed by atoms with Crippen LogP contribution in [0.15, 0.2) is 65.3 Å². The van der Waals surface area contributed by atoms with Crippen molar-refractivity contribution in [2.45, 2.75) is 0 Å². The fourth-order valence-electron chi connectivity index (χ4n) is 1.87. The molecule has 20 heavy (non-hydrogen) atoms. The lowest BCUT2D eigenvalue weighted by atomic mass is 10.1. The van der Waals surface area contributed by atoms with Crippen LogP contribution in [0.25, 0.3) is 11.3 Å². The molecule has 1 aromatic heterocycles. The van der Waals surface area contributed by atoms with Crippen LogP contribution in [0.4, 0.5) is 0 Å². The van der Waals surface area contributed by atoms with Gasteiger partial charge < -0.3 is 9.15 Å². The lowest BCUT2D eigenvalue weighted by Crippen LogP contribution is -1.88. The van der Waals surface area contributed by atoms with Gasteiger partial charge in [0.1, 0.15) is 17.3 Å². The Morgan fingerprint density at radius 1 is 0.850 bits per heavy atom. The molecule has 0 amide bonds. The minimum atomic E-state index is 0.465. The van der Waals surface area contributed by atoms with E-state index < -0.39 is 0 Å². The van der Waals surface area contributed by atoms with E-state index in [9.17, 15) is 0 Å². The molecule has 0 spiro atoms. The molecule has 0 radical (unpaired) electrons. The summed E-state index contributed by atoms with van der Waals surface area (Å²) in [4.78, 5) is 0. The number of halogens is 2. The van der Waals surface area contributed by atoms with Gasteiger partial charge in [-0.25, -0.2) is 0 Å². The molecule has 3 rings (SSSR count). The fraction of sp³-hybridized carbons (Fsp3) is 0. The van der Waals surface area contributed by atoms with Crippen LogP contribution in [-0.4, -0.2) is 0 Å². The van der Waals surface area contributed by atoms with Crippen LogP contribution in [-0.2, 0) is 0 Å². The second kappa shape index (κ2) is 5.61. The highest BCUT2D eigenvalue weighted by Gasteiger charge is 2.11. The number of para-hydroxylation sites is 1. The zero-order chi connectivity index (χ0) is 13.9. The van der Waals surface area contributed by atoms with E-state index in [4.69, 9.17) is 32.4 Å². The molecule has 0 saturated carbocycles. The Morgan fingerprint density at radius 2 is 1.70 bits per heavy atom. The predicted octanol–water partition coefficient (Wildman–Crippen LogP) is 6.05. The standard InChI is InChI=1S/C16H10Cl2O2/c17-11-7-8-16(13(18)10-11)20-15-5-2-1-4-12(15)14-6-3-9-19-14/h1-10H. The van der Waals surface area contributed by atoms with Crippen LogP contribution in [0, 0.1) is 0 Å². The van der Waals surface area contributed by atoms with Gasteiger partial charge in [0.05, 0.1) is 16.8 Å². The van der Waals surface area contributed by atoms with Gasteiger partial charge in [-0.05, 0) is 42.5 Å². The average Bonchev–Trinajstić information content (AvgIpc) is 2.96. The molecule has 0 saturated heterocycles. The number of ether oxygens (including phenoxy) is 1. The Morgan fingerprint density at radius 3 is 2.45 bits per heavy atom. The van der Waals surface area contributed by atoms with Crippen molar-refractivity contribution >= 4 is 23.2 Å². The van der Waals surface area contributed by atoms with Crippen molar-refractivity contribution in [1.82, 2.24) is 0 Å². The first kappa shape index (κ1) is 13.1. The van der Waals surface area contributed by atoms with Crippen molar-refractivity contribution in [3.05, 3.63) is 70.9 Å². The molecule has 4 heteroatoms. The van der Waals surface area contributed by atoms with E-state index in [1.54, 1.807) is 24.5 Å². The van der Waals surface area contributed by atoms with Crippen LogP contribution < -0.4 is 4.74 Å². The molecule has 100 valence electrons. The Bertz CT molecular complexity index is 721. The van der Waals surface area contributed by atoms with Gasteiger partial charge in [-0.15, -0.1) is 0 Å². The van der Waals surface area contributed by atoms with Crippen molar-refractivity contribution in [3.8, 4) is 22.8 Å². The maximum Gasteiger partial charge on any atom is 0.146 e. The molecule has 0 fully saturated rings. The van der Waals surface area contributed by atoms with Gasteiger partial charge in [0, 0.05) is 5.02 Å². The molecule has 0 aliphatic rings. The van der Waals surface area contributed by atoms with E-state index >= 15 is 0 Å². The number of rotatable bonds is 3. The monoisotopic (exact) mass is 304 g/mol. The molecule has 0 unspecified atom stereocenters. The maximum absolute atomic E-state index is 6.12. The summed E-state index contributed by atoms with van der Waals surface area (Å²) in [6, 6.07) is 16.4. The Hall–Kier alpha value is -1.90. The van der Waals surface area contributed by atoms with E-state index in [-0.39, 0.29) is 0 Å². The van der Waals surface area contributed by atoms with Crippen molar-refractivity contribution in [3.63, 3.8) is 0 Å². The van der Waals surface area contributed by atoms with E-state index in [2.05, 4.69) is 0 Å². The summed E-state index contributed by atoms with van der Waals surface area (Å²) in [5.41, 5.74) is 0.864. The third-order valence-corrected chi connectivity index (χ3v) is 3.32. The molecule has 3 aromatic rings. The molecular formula is C16H10Cl2O2. The molecule has 0 atom stereocenters. The Labute approximate surface area is 126 Å². The third-order valence-electron chi connectivity index (χ3n) is 2.79. The molecule has 0 bridgehead atoms. The summed E-state index contributed by atoms with van der Waals surface area (Å²) < 4.78 is 11.3. The third kappa shape index (κ3) is 2.67. The highest BCUT2D eigenvalue weighted by Crippen LogP contribution is 2.36. The summed E-state index contributed by atoms with van der Waals surface area (Å²) in [6.45, 7) is 0. The van der Waals surface area contributed by atoms with E-state index in [1.807, 2.05) is 36.4 Å². The van der Waals surface area contributed by atoms with Gasteiger partial charge in [0.2, 0.25) is 0 Å². The van der Waals surface area contributed by atoms with Crippen LogP contribution >= 0.6 is 23.2 Å². The summed E-state index contributed by atoms with van der Waals surface area (Å²) in [7, 11) is 0. The molecule has 0 N–H and O–H groups in total. The van der Waals surface area contributed by atoms with Crippen LogP contribution in [0.3, 0.4) is 0 Å². The SMILES string of the molecule is Clc1ccc(Oc2ccccc2-c2ccco2)c(Cl)c1. The first-order chi connectivity index (χ1) is 9.74. The van der Waals surface area contributed by atoms with E-state index in [0.717, 1.165) is 11.3 Å². The maximum atomic E-state index is 6.12. The number of hydrogen-bond donors (Lipinski definition) is 0. The second-order valence-corrected chi connectivity index (χ2v) is 4.99. The first-order valence-electron chi connectivity index (χ1n) is 6.00. The summed E-state index contributed by atoms with van der Waals surface area (Å²) >= 11 is 12.0. The quantitative estimate of drug-likeness (QED) is 0.588. The van der Waals surface area contributed by atoms with E-state index in [1.165, 1.54) is 0 Å². The number of furan rings is 1. The lowest BCUT2D eigenvalue weighted by molar-refractivity contribution is 0.481. The smallest absolute Gasteiger partial charge is 0.146 e. The normalized spacial score (nSPS) is 10.5. The van der Waals surface area contributed by atoms with E-state index in [0.29, 0.717) is 21.5 Å². The Balaban J connectivity index is 1.99. The molecule has 2 nitrogen and oxygen atoms in total. The second-order valence-electron chi connectivity index (χ2n) is 4.15. The van der Waals surface area contributed by atoms with Gasteiger partial charge in [-0.3, -0.25) is 0 Å². The van der Waals surface area contributed by atoms with Gasteiger partial charge >= 0.3 is 0 Å². The van der Waals surface area contributed by atoms with Gasteiger partial charge in [-0.1, -0.05) is 35.3 Å². The Kier molecular flexibility index (Phi) is 3.68. The van der Waals surface area contributed by atoms with Crippen molar-refractivity contribution in [2.24, 2.45) is 0 Å². The summed E-state index contributed by atoms with van der Waals surface area (Å²) in [5.74, 6) is 1.97. The average molecular weight is 305 g/mol. The van der Waals surface area contributed by atoms with Crippen LogP contribution in [0.5, 0.6) is 11.5 Å². The van der Waals surface area contributed by atoms with Crippen molar-refractivity contribution < 1.29 is 9.15 Å². The zero-order valence-electron chi connectivity index (χ0n) is 10.3. The minimum Gasteiger partial charge on any atom is -0.464 e. The van der Waals surface area contributed by atoms with Crippen LogP contribution in [0.2, 0.25) is 10.0 Å². The van der Waals surface area contributed by atoms with Gasteiger partial charge in [0.25, 0.3) is 0 Å².